The Morgan fingerprint density at radius 1 is 1.09 bits per heavy atom. The molecule has 0 fully saturated rings. The van der Waals surface area contributed by atoms with Gasteiger partial charge in [-0.2, -0.15) is 0 Å². The molecule has 2 aromatic heterocycles. The van der Waals surface area contributed by atoms with E-state index in [1.807, 2.05) is 24.3 Å². The maximum absolute atomic E-state index is 13.4. The van der Waals surface area contributed by atoms with Crippen molar-refractivity contribution < 1.29 is 18.0 Å². The number of fused-ring (bicyclic) bond motifs is 2. The molecule has 1 aliphatic rings. The first-order valence-corrected chi connectivity index (χ1v) is 14.5. The van der Waals surface area contributed by atoms with E-state index in [1.54, 1.807) is 42.2 Å². The zero-order valence-electron chi connectivity index (χ0n) is 19.2. The van der Waals surface area contributed by atoms with Gasteiger partial charge in [-0.05, 0) is 36.2 Å². The third-order valence-corrected chi connectivity index (χ3v) is 10.1. The van der Waals surface area contributed by atoms with E-state index in [9.17, 15) is 18.0 Å². The summed E-state index contributed by atoms with van der Waals surface area (Å²) in [6.07, 6.45) is 0.660. The van der Waals surface area contributed by atoms with Gasteiger partial charge in [0.05, 0.1) is 33.0 Å². The van der Waals surface area contributed by atoms with Gasteiger partial charge in [0.1, 0.15) is 10.0 Å². The number of anilines is 1. The smallest absolute Gasteiger partial charge is 0.257 e. The summed E-state index contributed by atoms with van der Waals surface area (Å²) in [5, 5.41) is 4.40. The van der Waals surface area contributed by atoms with Gasteiger partial charge in [0.15, 0.2) is 9.84 Å². The highest BCUT2D eigenvalue weighted by Crippen LogP contribution is 2.46. The van der Waals surface area contributed by atoms with Gasteiger partial charge in [0.2, 0.25) is 5.91 Å². The van der Waals surface area contributed by atoms with Crippen LogP contribution in [0, 0.1) is 0 Å². The zero-order chi connectivity index (χ0) is 24.7. The summed E-state index contributed by atoms with van der Waals surface area (Å²) in [4.78, 5) is 33.0. The molecule has 0 saturated heterocycles. The van der Waals surface area contributed by atoms with E-state index in [2.05, 4.69) is 5.32 Å². The Bertz CT molecular complexity index is 1540. The standard InChI is InChI=1S/C25H23N3O4S3/c1-3-35(31,32)21-11-7-4-8-17(21)23(30)27-25-22(24-26-18-9-5-6-10-19(18)33-24)16-12-13-28(15(2)29)14-20(16)34-25/h4-11H,3,12-14H2,1-2H3,(H,27,30). The fourth-order valence-corrected chi connectivity index (χ4v) is 7.68. The molecule has 5 rings (SSSR count). The van der Waals surface area contributed by atoms with Gasteiger partial charge in [0, 0.05) is 23.9 Å². The minimum absolute atomic E-state index is 0.00914. The first-order chi connectivity index (χ1) is 16.8. The largest absolute Gasteiger partial charge is 0.337 e. The molecule has 0 atom stereocenters. The van der Waals surface area contributed by atoms with Crippen LogP contribution in [0.3, 0.4) is 0 Å². The van der Waals surface area contributed by atoms with Crippen LogP contribution in [0.25, 0.3) is 20.8 Å². The average molecular weight is 526 g/mol. The molecule has 0 radical (unpaired) electrons. The number of carbonyl (C=O) groups excluding carboxylic acids is 2. The molecule has 35 heavy (non-hydrogen) atoms. The monoisotopic (exact) mass is 525 g/mol. The summed E-state index contributed by atoms with van der Waals surface area (Å²) in [5.74, 6) is -0.570. The van der Waals surface area contributed by atoms with Gasteiger partial charge in [-0.1, -0.05) is 31.2 Å². The molecule has 7 nitrogen and oxygen atoms in total. The van der Waals surface area contributed by atoms with Gasteiger partial charge >= 0.3 is 0 Å². The minimum atomic E-state index is -3.58. The molecular formula is C25H23N3O4S3. The number of benzene rings is 2. The van der Waals surface area contributed by atoms with E-state index in [0.717, 1.165) is 31.2 Å². The molecule has 0 bridgehead atoms. The molecule has 0 aliphatic carbocycles. The lowest BCUT2D eigenvalue weighted by atomic mass is 10.0. The van der Waals surface area contributed by atoms with Crippen LogP contribution in [0.15, 0.2) is 53.4 Å². The zero-order valence-corrected chi connectivity index (χ0v) is 21.6. The fraction of sp³-hybridized carbons (Fsp3) is 0.240. The summed E-state index contributed by atoms with van der Waals surface area (Å²) in [6, 6.07) is 14.1. The minimum Gasteiger partial charge on any atom is -0.337 e. The van der Waals surface area contributed by atoms with Crippen LogP contribution in [0.5, 0.6) is 0 Å². The topological polar surface area (TPSA) is 96.4 Å². The van der Waals surface area contributed by atoms with Crippen molar-refractivity contribution in [3.05, 3.63) is 64.5 Å². The fourth-order valence-electron chi connectivity index (χ4n) is 4.22. The van der Waals surface area contributed by atoms with E-state index in [0.29, 0.717) is 24.5 Å². The quantitative estimate of drug-likeness (QED) is 0.397. The van der Waals surface area contributed by atoms with Crippen LogP contribution in [-0.4, -0.2) is 42.4 Å². The number of thiazole rings is 1. The first kappa shape index (κ1) is 23.7. The van der Waals surface area contributed by atoms with Crippen molar-refractivity contribution in [3.63, 3.8) is 0 Å². The molecule has 180 valence electrons. The number of thiophene rings is 1. The normalized spacial score (nSPS) is 13.6. The van der Waals surface area contributed by atoms with Crippen molar-refractivity contribution in [2.75, 3.05) is 17.6 Å². The van der Waals surface area contributed by atoms with Crippen molar-refractivity contribution in [2.45, 2.75) is 31.7 Å². The molecular weight excluding hydrogens is 502 g/mol. The van der Waals surface area contributed by atoms with Crippen LogP contribution >= 0.6 is 22.7 Å². The van der Waals surface area contributed by atoms with Gasteiger partial charge < -0.3 is 10.2 Å². The predicted octanol–water partition coefficient (Wildman–Crippen LogP) is 4.98. The molecule has 0 saturated carbocycles. The Balaban J connectivity index is 1.60. The lowest BCUT2D eigenvalue weighted by Crippen LogP contribution is -2.33. The van der Waals surface area contributed by atoms with E-state index in [-0.39, 0.29) is 22.1 Å². The third-order valence-electron chi connectivity index (χ3n) is 6.08. The number of nitrogens with zero attached hydrogens (tertiary/aromatic N) is 2. The number of sulfone groups is 1. The number of amides is 2. The van der Waals surface area contributed by atoms with Gasteiger partial charge in [-0.3, -0.25) is 9.59 Å². The molecule has 0 spiro atoms. The number of para-hydroxylation sites is 1. The summed E-state index contributed by atoms with van der Waals surface area (Å²) < 4.78 is 26.2. The number of hydrogen-bond donors (Lipinski definition) is 1. The summed E-state index contributed by atoms with van der Waals surface area (Å²) in [7, 11) is -3.58. The predicted molar refractivity (Wildman–Crippen MR) is 140 cm³/mol. The number of carbonyl (C=O) groups is 2. The van der Waals surface area contributed by atoms with Gasteiger partial charge in [-0.25, -0.2) is 13.4 Å². The Hall–Kier alpha value is -3.08. The second-order valence-corrected chi connectivity index (χ2v) is 12.6. The van der Waals surface area contributed by atoms with E-state index < -0.39 is 15.7 Å². The number of rotatable bonds is 5. The van der Waals surface area contributed by atoms with Gasteiger partial charge in [-0.15, -0.1) is 22.7 Å². The van der Waals surface area contributed by atoms with Crippen LogP contribution in [0.1, 0.15) is 34.6 Å². The molecule has 2 amide bonds. The second-order valence-electron chi connectivity index (χ2n) is 8.24. The SMILES string of the molecule is CCS(=O)(=O)c1ccccc1C(=O)Nc1sc2c(c1-c1nc3ccccc3s1)CCN(C(C)=O)C2. The number of nitrogens with one attached hydrogen (secondary N) is 1. The summed E-state index contributed by atoms with van der Waals surface area (Å²) in [6.45, 7) is 4.19. The molecule has 10 heteroatoms. The maximum atomic E-state index is 13.4. The summed E-state index contributed by atoms with van der Waals surface area (Å²) in [5.41, 5.74) is 2.93. The third kappa shape index (κ3) is 4.37. The average Bonchev–Trinajstić information content (AvgIpc) is 3.43. The maximum Gasteiger partial charge on any atom is 0.257 e. The van der Waals surface area contributed by atoms with Gasteiger partial charge in [0.25, 0.3) is 5.91 Å². The Morgan fingerprint density at radius 2 is 1.83 bits per heavy atom. The lowest BCUT2D eigenvalue weighted by Gasteiger charge is -2.26. The van der Waals surface area contributed by atoms with Crippen molar-refractivity contribution in [1.82, 2.24) is 9.88 Å². The molecule has 0 unspecified atom stereocenters. The van der Waals surface area contributed by atoms with E-state index in [4.69, 9.17) is 4.98 Å². The summed E-state index contributed by atoms with van der Waals surface area (Å²) >= 11 is 2.97. The van der Waals surface area contributed by atoms with E-state index in [1.165, 1.54) is 23.5 Å². The van der Waals surface area contributed by atoms with Crippen LogP contribution in [-0.2, 0) is 27.6 Å². The van der Waals surface area contributed by atoms with Crippen LogP contribution in [0.4, 0.5) is 5.00 Å². The van der Waals surface area contributed by atoms with E-state index >= 15 is 0 Å². The Labute approximate surface area is 211 Å². The highest BCUT2D eigenvalue weighted by molar-refractivity contribution is 7.91. The van der Waals surface area contributed by atoms with Crippen LogP contribution in [0.2, 0.25) is 0 Å². The molecule has 2 aromatic carbocycles. The van der Waals surface area contributed by atoms with Crippen LogP contribution < -0.4 is 5.32 Å². The highest BCUT2D eigenvalue weighted by Gasteiger charge is 2.29. The number of hydrogen-bond acceptors (Lipinski definition) is 7. The lowest BCUT2D eigenvalue weighted by molar-refractivity contribution is -0.129. The Kier molecular flexibility index (Phi) is 6.20. The van der Waals surface area contributed by atoms with Crippen molar-refractivity contribution in [2.24, 2.45) is 0 Å². The highest BCUT2D eigenvalue weighted by atomic mass is 32.2. The van der Waals surface area contributed by atoms with Crippen molar-refractivity contribution in [3.8, 4) is 10.6 Å². The second kappa shape index (κ2) is 9.18. The van der Waals surface area contributed by atoms with Crippen molar-refractivity contribution in [1.29, 1.82) is 0 Å². The molecule has 1 aliphatic heterocycles. The molecule has 1 N–H and O–H groups in total. The molecule has 3 heterocycles. The Morgan fingerprint density at radius 3 is 2.57 bits per heavy atom. The first-order valence-electron chi connectivity index (χ1n) is 11.2. The van der Waals surface area contributed by atoms with Crippen molar-refractivity contribution >= 4 is 59.5 Å². The number of aromatic nitrogens is 1. The molecule has 4 aromatic rings.